The summed E-state index contributed by atoms with van der Waals surface area (Å²) in [6.45, 7) is 5.28. The van der Waals surface area contributed by atoms with Crippen LogP contribution in [0.5, 0.6) is 0 Å². The van der Waals surface area contributed by atoms with Crippen LogP contribution < -0.4 is 5.32 Å². The van der Waals surface area contributed by atoms with Crippen LogP contribution in [-0.2, 0) is 16.1 Å². The number of methoxy groups -OCH3 is 1. The molecule has 1 aromatic rings. The zero-order valence-electron chi connectivity index (χ0n) is 11.3. The molecule has 0 radical (unpaired) electrons. The van der Waals surface area contributed by atoms with Gasteiger partial charge in [0, 0.05) is 11.9 Å². The minimum atomic E-state index is -0.625. The Balaban J connectivity index is 2.28. The van der Waals surface area contributed by atoms with E-state index in [1.807, 2.05) is 24.6 Å². The van der Waals surface area contributed by atoms with Gasteiger partial charge in [-0.3, -0.25) is 4.68 Å². The molecule has 0 bridgehead atoms. The van der Waals surface area contributed by atoms with Crippen molar-refractivity contribution < 1.29 is 9.53 Å². The summed E-state index contributed by atoms with van der Waals surface area (Å²) in [5.74, 6) is 0.176. The van der Waals surface area contributed by atoms with Crippen molar-refractivity contribution in [1.29, 1.82) is 0 Å². The summed E-state index contributed by atoms with van der Waals surface area (Å²) in [5.41, 5.74) is 0.433. The van der Waals surface area contributed by atoms with E-state index in [0.717, 1.165) is 25.1 Å². The second-order valence-electron chi connectivity index (χ2n) is 4.90. The fourth-order valence-electron chi connectivity index (χ4n) is 2.51. The lowest BCUT2D eigenvalue weighted by Gasteiger charge is -2.32. The zero-order chi connectivity index (χ0) is 13.2. The Bertz CT molecular complexity index is 426. The fourth-order valence-corrected chi connectivity index (χ4v) is 2.51. The van der Waals surface area contributed by atoms with Crippen LogP contribution in [0.1, 0.15) is 25.5 Å². The molecular weight excluding hydrogens is 230 g/mol. The largest absolute Gasteiger partial charge is 0.468 e. The van der Waals surface area contributed by atoms with Gasteiger partial charge in [0.1, 0.15) is 5.54 Å². The summed E-state index contributed by atoms with van der Waals surface area (Å²) in [5, 5.41) is 7.62. The number of carbonyl (C=O) groups excluding carboxylic acids is 1. The lowest BCUT2D eigenvalue weighted by molar-refractivity contribution is -0.150. The molecule has 5 heteroatoms. The second-order valence-corrected chi connectivity index (χ2v) is 4.90. The predicted octanol–water partition coefficient (Wildman–Crippen LogP) is 1.12. The molecule has 0 aliphatic heterocycles. The van der Waals surface area contributed by atoms with Crippen LogP contribution in [0.3, 0.4) is 0 Å². The Morgan fingerprint density at radius 3 is 2.83 bits per heavy atom. The number of ether oxygens (including phenoxy) is 1. The van der Waals surface area contributed by atoms with Gasteiger partial charge in [-0.15, -0.1) is 0 Å². The number of likely N-dealkylation sites (N-methyl/N-ethyl adjacent to an activating group) is 1. The van der Waals surface area contributed by atoms with Crippen molar-refractivity contribution >= 4 is 5.97 Å². The Kier molecular flexibility index (Phi) is 3.71. The number of nitrogens with zero attached hydrogens (tertiary/aromatic N) is 2. The number of esters is 1. The average molecular weight is 251 g/mol. The molecule has 1 N–H and O–H groups in total. The Morgan fingerprint density at radius 1 is 1.67 bits per heavy atom. The third-order valence-corrected chi connectivity index (χ3v) is 3.64. The van der Waals surface area contributed by atoms with E-state index in [9.17, 15) is 4.79 Å². The van der Waals surface area contributed by atoms with E-state index in [0.29, 0.717) is 12.5 Å². The first-order chi connectivity index (χ1) is 8.64. The van der Waals surface area contributed by atoms with Crippen LogP contribution >= 0.6 is 0 Å². The van der Waals surface area contributed by atoms with Gasteiger partial charge in [-0.1, -0.05) is 6.92 Å². The first kappa shape index (κ1) is 13.1. The highest BCUT2D eigenvalue weighted by atomic mass is 16.5. The number of rotatable bonds is 6. The summed E-state index contributed by atoms with van der Waals surface area (Å²) in [7, 11) is 1.45. The van der Waals surface area contributed by atoms with Gasteiger partial charge in [-0.2, -0.15) is 5.10 Å². The average Bonchev–Trinajstić information content (AvgIpc) is 3.14. The zero-order valence-corrected chi connectivity index (χ0v) is 11.3. The number of aromatic nitrogens is 2. The van der Waals surface area contributed by atoms with Crippen LogP contribution in [0.4, 0.5) is 0 Å². The van der Waals surface area contributed by atoms with E-state index in [4.69, 9.17) is 4.74 Å². The van der Waals surface area contributed by atoms with E-state index in [1.165, 1.54) is 7.11 Å². The van der Waals surface area contributed by atoms with Gasteiger partial charge in [-0.25, -0.2) is 4.79 Å². The topological polar surface area (TPSA) is 56.2 Å². The Labute approximate surface area is 108 Å². The lowest BCUT2D eigenvalue weighted by atomic mass is 9.92. The molecule has 2 rings (SSSR count). The van der Waals surface area contributed by atoms with E-state index in [-0.39, 0.29) is 5.97 Å². The maximum atomic E-state index is 12.2. The standard InChI is InChI=1S/C13H21N3O2/c1-4-14-13(11-5-6-11,12(17)18-3)9-16-10(2)7-8-15-16/h7-8,11,14H,4-6,9H2,1-3H3. The summed E-state index contributed by atoms with van der Waals surface area (Å²) >= 11 is 0. The molecule has 1 aliphatic carbocycles. The van der Waals surface area contributed by atoms with E-state index in [1.54, 1.807) is 6.20 Å². The fraction of sp³-hybridized carbons (Fsp3) is 0.692. The monoisotopic (exact) mass is 251 g/mol. The molecule has 1 heterocycles. The summed E-state index contributed by atoms with van der Waals surface area (Å²) in [6, 6.07) is 1.95. The van der Waals surface area contributed by atoms with Crippen molar-refractivity contribution in [2.75, 3.05) is 13.7 Å². The van der Waals surface area contributed by atoms with Crippen LogP contribution in [0.2, 0.25) is 0 Å². The van der Waals surface area contributed by atoms with Gasteiger partial charge in [0.15, 0.2) is 0 Å². The molecule has 5 nitrogen and oxygen atoms in total. The van der Waals surface area contributed by atoms with Crippen molar-refractivity contribution in [3.8, 4) is 0 Å². The van der Waals surface area contributed by atoms with Crippen LogP contribution in [0, 0.1) is 12.8 Å². The summed E-state index contributed by atoms with van der Waals surface area (Å²) in [6.07, 6.45) is 3.90. The van der Waals surface area contributed by atoms with E-state index >= 15 is 0 Å². The Hall–Kier alpha value is -1.36. The van der Waals surface area contributed by atoms with Crippen LogP contribution in [0.15, 0.2) is 12.3 Å². The van der Waals surface area contributed by atoms with Gasteiger partial charge in [-0.05, 0) is 38.3 Å². The molecule has 1 fully saturated rings. The molecule has 1 aromatic heterocycles. The summed E-state index contributed by atoms with van der Waals surface area (Å²) in [4.78, 5) is 12.2. The quantitative estimate of drug-likeness (QED) is 0.770. The third-order valence-electron chi connectivity index (χ3n) is 3.64. The molecule has 0 aromatic carbocycles. The van der Waals surface area contributed by atoms with Crippen molar-refractivity contribution in [3.63, 3.8) is 0 Å². The number of hydrogen-bond donors (Lipinski definition) is 1. The van der Waals surface area contributed by atoms with E-state index < -0.39 is 5.54 Å². The van der Waals surface area contributed by atoms with Crippen LogP contribution in [-0.4, -0.2) is 34.9 Å². The first-order valence-corrected chi connectivity index (χ1v) is 6.46. The molecule has 1 atom stereocenters. The molecule has 0 spiro atoms. The molecule has 0 saturated heterocycles. The van der Waals surface area contributed by atoms with Crippen molar-refractivity contribution in [2.24, 2.45) is 5.92 Å². The highest BCUT2D eigenvalue weighted by molar-refractivity contribution is 5.81. The maximum Gasteiger partial charge on any atom is 0.328 e. The number of aryl methyl sites for hydroxylation is 1. The lowest BCUT2D eigenvalue weighted by Crippen LogP contribution is -2.57. The van der Waals surface area contributed by atoms with Gasteiger partial charge < -0.3 is 10.1 Å². The van der Waals surface area contributed by atoms with Crippen LogP contribution in [0.25, 0.3) is 0 Å². The van der Waals surface area contributed by atoms with Crippen molar-refractivity contribution in [1.82, 2.24) is 15.1 Å². The summed E-state index contributed by atoms with van der Waals surface area (Å²) < 4.78 is 6.89. The number of nitrogens with one attached hydrogen (secondary N) is 1. The highest BCUT2D eigenvalue weighted by Crippen LogP contribution is 2.41. The number of carbonyl (C=O) groups is 1. The predicted molar refractivity (Wildman–Crippen MR) is 68.1 cm³/mol. The van der Waals surface area contributed by atoms with E-state index in [2.05, 4.69) is 10.4 Å². The van der Waals surface area contributed by atoms with Gasteiger partial charge in [0.25, 0.3) is 0 Å². The maximum absolute atomic E-state index is 12.2. The Morgan fingerprint density at radius 2 is 2.39 bits per heavy atom. The van der Waals surface area contributed by atoms with Crippen molar-refractivity contribution in [2.45, 2.75) is 38.8 Å². The molecule has 1 aliphatic rings. The minimum Gasteiger partial charge on any atom is -0.468 e. The normalized spacial score (nSPS) is 18.4. The smallest absolute Gasteiger partial charge is 0.328 e. The molecule has 0 amide bonds. The first-order valence-electron chi connectivity index (χ1n) is 6.46. The van der Waals surface area contributed by atoms with Crippen molar-refractivity contribution in [3.05, 3.63) is 18.0 Å². The molecule has 1 unspecified atom stereocenters. The molecule has 1 saturated carbocycles. The van der Waals surface area contributed by atoms with Gasteiger partial charge in [0.2, 0.25) is 0 Å². The molecular formula is C13H21N3O2. The third kappa shape index (κ3) is 2.27. The van der Waals surface area contributed by atoms with Gasteiger partial charge in [0.05, 0.1) is 13.7 Å². The highest BCUT2D eigenvalue weighted by Gasteiger charge is 2.52. The number of hydrogen-bond acceptors (Lipinski definition) is 4. The molecule has 18 heavy (non-hydrogen) atoms. The molecule has 100 valence electrons. The minimum absolute atomic E-state index is 0.179. The SMILES string of the molecule is CCNC(Cn1nccc1C)(C(=O)OC)C1CC1. The second kappa shape index (κ2) is 5.10. The van der Waals surface area contributed by atoms with Gasteiger partial charge >= 0.3 is 5.97 Å².